The average Bonchev–Trinajstić information content (AvgIpc) is 3.24. The van der Waals surface area contributed by atoms with Crippen molar-refractivity contribution < 1.29 is 28.3 Å². The normalized spacial score (nSPS) is 29.8. The zero-order valence-electron chi connectivity index (χ0n) is 17.2. The van der Waals surface area contributed by atoms with Crippen LogP contribution in [-0.2, 0) is 23.5 Å². The third kappa shape index (κ3) is 3.89. The van der Waals surface area contributed by atoms with Crippen molar-refractivity contribution in [3.63, 3.8) is 0 Å². The standard InChI is InChI=1S/C22H24BNO6/c1-22(2)28-20-19-18(27-21(20)29-22)13-26-23(30-19)15-6-4-5-14(11-15)12-24-16-7-9-17(25-3)10-8-16/h4-12,18-21H,13H2,1-3H3/t18-,19+,20-,21-/m1/s1. The van der Waals surface area contributed by atoms with E-state index in [1.165, 1.54) is 0 Å². The molecule has 3 saturated heterocycles. The van der Waals surface area contributed by atoms with Gasteiger partial charge in [-0.2, -0.15) is 0 Å². The summed E-state index contributed by atoms with van der Waals surface area (Å²) in [5.74, 6) is 0.133. The first-order valence-electron chi connectivity index (χ1n) is 10.1. The molecule has 7 nitrogen and oxygen atoms in total. The van der Waals surface area contributed by atoms with Gasteiger partial charge in [0.1, 0.15) is 24.1 Å². The number of hydrogen-bond acceptors (Lipinski definition) is 7. The topological polar surface area (TPSA) is 67.7 Å². The highest BCUT2D eigenvalue weighted by Crippen LogP contribution is 2.40. The summed E-state index contributed by atoms with van der Waals surface area (Å²) in [5, 5.41) is 0. The fourth-order valence-corrected chi connectivity index (χ4v) is 3.99. The maximum Gasteiger partial charge on any atom is 0.494 e. The Morgan fingerprint density at radius 1 is 1.10 bits per heavy atom. The van der Waals surface area contributed by atoms with E-state index in [4.69, 9.17) is 28.3 Å². The van der Waals surface area contributed by atoms with Gasteiger partial charge in [0.25, 0.3) is 0 Å². The fraction of sp³-hybridized carbons (Fsp3) is 0.409. The Balaban J connectivity index is 1.29. The average molecular weight is 409 g/mol. The molecule has 3 aliphatic heterocycles. The van der Waals surface area contributed by atoms with Gasteiger partial charge >= 0.3 is 7.12 Å². The maximum absolute atomic E-state index is 6.24. The van der Waals surface area contributed by atoms with E-state index in [9.17, 15) is 0 Å². The van der Waals surface area contributed by atoms with Crippen LogP contribution in [-0.4, -0.2) is 57.4 Å². The number of ether oxygens (including phenoxy) is 4. The zero-order valence-corrected chi connectivity index (χ0v) is 17.2. The summed E-state index contributed by atoms with van der Waals surface area (Å²) in [6.07, 6.45) is 0.734. The van der Waals surface area contributed by atoms with Crippen molar-refractivity contribution in [2.24, 2.45) is 4.99 Å². The van der Waals surface area contributed by atoms with E-state index in [0.29, 0.717) is 6.61 Å². The van der Waals surface area contributed by atoms with Crippen LogP contribution >= 0.6 is 0 Å². The molecule has 30 heavy (non-hydrogen) atoms. The first-order chi connectivity index (χ1) is 14.5. The first-order valence-corrected chi connectivity index (χ1v) is 10.1. The summed E-state index contributed by atoms with van der Waals surface area (Å²) in [5.41, 5.74) is 2.73. The van der Waals surface area contributed by atoms with Crippen LogP contribution in [0.1, 0.15) is 19.4 Å². The van der Waals surface area contributed by atoms with Crippen LogP contribution in [0.15, 0.2) is 53.5 Å². The van der Waals surface area contributed by atoms with Crippen molar-refractivity contribution in [3.05, 3.63) is 54.1 Å². The molecular formula is C22H24BNO6. The zero-order chi connectivity index (χ0) is 20.7. The summed E-state index contributed by atoms with van der Waals surface area (Å²) in [4.78, 5) is 4.53. The number of benzene rings is 2. The molecule has 0 aromatic heterocycles. The predicted octanol–water partition coefficient (Wildman–Crippen LogP) is 2.43. The molecule has 3 fully saturated rings. The third-order valence-corrected chi connectivity index (χ3v) is 5.40. The molecule has 0 spiro atoms. The molecule has 0 N–H and O–H groups in total. The van der Waals surface area contributed by atoms with E-state index < -0.39 is 19.2 Å². The Hall–Kier alpha value is -2.23. The number of nitrogens with zero attached hydrogens (tertiary/aromatic N) is 1. The second-order valence-electron chi connectivity index (χ2n) is 8.04. The molecule has 5 rings (SSSR count). The van der Waals surface area contributed by atoms with Crippen LogP contribution in [0.3, 0.4) is 0 Å². The molecule has 2 aromatic rings. The van der Waals surface area contributed by atoms with Crippen LogP contribution in [0.4, 0.5) is 5.69 Å². The lowest BCUT2D eigenvalue weighted by Gasteiger charge is -2.32. The summed E-state index contributed by atoms with van der Waals surface area (Å²) in [7, 11) is 1.15. The highest BCUT2D eigenvalue weighted by molar-refractivity contribution is 6.61. The van der Waals surface area contributed by atoms with Gasteiger partial charge in [0.05, 0.1) is 19.4 Å². The summed E-state index contributed by atoms with van der Waals surface area (Å²) >= 11 is 0. The van der Waals surface area contributed by atoms with Crippen LogP contribution < -0.4 is 10.2 Å². The van der Waals surface area contributed by atoms with Gasteiger partial charge in [-0.15, -0.1) is 0 Å². The highest BCUT2D eigenvalue weighted by atomic mass is 16.8. The van der Waals surface area contributed by atoms with E-state index in [1.54, 1.807) is 7.11 Å². The minimum atomic E-state index is -0.671. The summed E-state index contributed by atoms with van der Waals surface area (Å²) in [6, 6.07) is 15.6. The molecule has 0 radical (unpaired) electrons. The molecule has 0 aliphatic carbocycles. The molecule has 156 valence electrons. The van der Waals surface area contributed by atoms with E-state index in [0.717, 1.165) is 22.5 Å². The monoisotopic (exact) mass is 409 g/mol. The van der Waals surface area contributed by atoms with Gasteiger partial charge in [-0.05, 0) is 49.1 Å². The van der Waals surface area contributed by atoms with E-state index in [1.807, 2.05) is 68.6 Å². The number of methoxy groups -OCH3 is 1. The molecule has 4 atom stereocenters. The van der Waals surface area contributed by atoms with Crippen LogP contribution in [0.2, 0.25) is 0 Å². The molecule has 3 aliphatic rings. The number of aliphatic imine (C=N–C) groups is 1. The van der Waals surface area contributed by atoms with Gasteiger partial charge in [0.15, 0.2) is 12.1 Å². The van der Waals surface area contributed by atoms with Crippen molar-refractivity contribution in [1.82, 2.24) is 0 Å². The number of hydrogen-bond donors (Lipinski definition) is 0. The SMILES string of the molecule is COc1ccc(N=Cc2cccc(B3OC[C@H]4O[C@@H]5OC(C)(C)O[C@@H]5[C@H]4O3)c2)cc1. The third-order valence-electron chi connectivity index (χ3n) is 5.40. The highest BCUT2D eigenvalue weighted by Gasteiger charge is 2.57. The van der Waals surface area contributed by atoms with Crippen LogP contribution in [0, 0.1) is 0 Å². The van der Waals surface area contributed by atoms with Gasteiger partial charge in [-0.1, -0.05) is 24.3 Å². The smallest absolute Gasteiger partial charge is 0.494 e. The largest absolute Gasteiger partial charge is 0.497 e. The molecular weight excluding hydrogens is 385 g/mol. The Bertz CT molecular complexity index is 933. The first kappa shape index (κ1) is 19.7. The second-order valence-corrected chi connectivity index (χ2v) is 8.04. The van der Waals surface area contributed by atoms with Crippen LogP contribution in [0.25, 0.3) is 0 Å². The van der Waals surface area contributed by atoms with Crippen molar-refractivity contribution in [1.29, 1.82) is 0 Å². The van der Waals surface area contributed by atoms with Gasteiger partial charge in [0, 0.05) is 6.21 Å². The predicted molar refractivity (Wildman–Crippen MR) is 112 cm³/mol. The Morgan fingerprint density at radius 2 is 1.93 bits per heavy atom. The lowest BCUT2D eigenvalue weighted by Crippen LogP contribution is -2.53. The lowest BCUT2D eigenvalue weighted by atomic mass is 9.76. The maximum atomic E-state index is 6.24. The van der Waals surface area contributed by atoms with Gasteiger partial charge in [-0.25, -0.2) is 0 Å². The molecule has 0 bridgehead atoms. The molecule has 0 saturated carbocycles. The quantitative estimate of drug-likeness (QED) is 0.571. The van der Waals surface area contributed by atoms with Crippen LogP contribution in [0.5, 0.6) is 5.75 Å². The van der Waals surface area contributed by atoms with Gasteiger partial charge in [0.2, 0.25) is 0 Å². The van der Waals surface area contributed by atoms with Crippen molar-refractivity contribution in [3.8, 4) is 5.75 Å². The minimum absolute atomic E-state index is 0.188. The van der Waals surface area contributed by atoms with E-state index in [-0.39, 0.29) is 18.3 Å². The van der Waals surface area contributed by atoms with Gasteiger partial charge in [-0.3, -0.25) is 4.99 Å². The molecule has 8 heteroatoms. The van der Waals surface area contributed by atoms with Crippen molar-refractivity contribution >= 4 is 24.5 Å². The second kappa shape index (κ2) is 7.79. The molecule has 0 unspecified atom stereocenters. The molecule has 0 amide bonds. The Labute approximate surface area is 176 Å². The van der Waals surface area contributed by atoms with Gasteiger partial charge < -0.3 is 28.3 Å². The number of rotatable bonds is 4. The van der Waals surface area contributed by atoms with E-state index in [2.05, 4.69) is 4.99 Å². The Morgan fingerprint density at radius 3 is 2.73 bits per heavy atom. The Kier molecular flexibility index (Phi) is 5.12. The number of fused-ring (bicyclic) bond motifs is 3. The summed E-state index contributed by atoms with van der Waals surface area (Å²) in [6.45, 7) is 4.19. The molecule has 3 heterocycles. The van der Waals surface area contributed by atoms with Crippen molar-refractivity contribution in [2.75, 3.05) is 13.7 Å². The molecule has 2 aromatic carbocycles. The fourth-order valence-electron chi connectivity index (χ4n) is 3.99. The minimum Gasteiger partial charge on any atom is -0.497 e. The van der Waals surface area contributed by atoms with E-state index >= 15 is 0 Å². The summed E-state index contributed by atoms with van der Waals surface area (Å²) < 4.78 is 35.0. The van der Waals surface area contributed by atoms with Crippen molar-refractivity contribution in [2.45, 2.75) is 44.2 Å². The lowest BCUT2D eigenvalue weighted by molar-refractivity contribution is -0.221.